The molecule has 6 N–H and O–H groups in total. The molecule has 6 rings (SSSR count). The van der Waals surface area contributed by atoms with Gasteiger partial charge in [-0.2, -0.15) is 4.21 Å². The number of halogens is 1. The average molecular weight is 586 g/mol. The Balaban J connectivity index is 1.61. The van der Waals surface area contributed by atoms with Crippen LogP contribution in [0.2, 0.25) is 0 Å². The first kappa shape index (κ1) is 27.4. The molecule has 12 heteroatoms. The number of aromatic amines is 1. The molecule has 2 aromatic heterocycles. The molecule has 0 fully saturated rings. The van der Waals surface area contributed by atoms with Gasteiger partial charge < -0.3 is 16.5 Å². The average Bonchev–Trinajstić information content (AvgIpc) is 3.35. The van der Waals surface area contributed by atoms with Crippen molar-refractivity contribution in [2.45, 2.75) is 19.6 Å². The predicted molar refractivity (Wildman–Crippen MR) is 159 cm³/mol. The Labute approximate surface area is 240 Å². The van der Waals surface area contributed by atoms with E-state index < -0.39 is 34.7 Å². The molecule has 0 aliphatic heterocycles. The van der Waals surface area contributed by atoms with E-state index in [1.54, 1.807) is 43.3 Å². The summed E-state index contributed by atoms with van der Waals surface area (Å²) in [4.78, 5) is 33.4. The van der Waals surface area contributed by atoms with Crippen LogP contribution in [0.15, 0.2) is 77.9 Å². The monoisotopic (exact) mass is 585 g/mol. The quantitative estimate of drug-likeness (QED) is 0.199. The summed E-state index contributed by atoms with van der Waals surface area (Å²) >= 11 is -2.45. The van der Waals surface area contributed by atoms with Crippen molar-refractivity contribution in [1.82, 2.24) is 14.5 Å². The molecule has 1 amide bonds. The number of nitrogens with two attached hydrogens (primary N) is 2. The number of nitrogens with zero attached hydrogens (tertiary/aromatic N) is 2. The van der Waals surface area contributed by atoms with E-state index in [0.717, 1.165) is 17.0 Å². The lowest BCUT2D eigenvalue weighted by molar-refractivity contribution is 0.100. The Kier molecular flexibility index (Phi) is 6.91. The van der Waals surface area contributed by atoms with Gasteiger partial charge in [0.25, 0.3) is 11.5 Å². The second-order valence-electron chi connectivity index (χ2n) is 9.75. The van der Waals surface area contributed by atoms with E-state index in [-0.39, 0.29) is 17.5 Å². The fourth-order valence-electron chi connectivity index (χ4n) is 5.42. The van der Waals surface area contributed by atoms with Gasteiger partial charge in [0.2, 0.25) is 0 Å². The first-order valence-corrected chi connectivity index (χ1v) is 13.9. The Morgan fingerprint density at radius 1 is 1.12 bits per heavy atom. The summed E-state index contributed by atoms with van der Waals surface area (Å²) in [5.74, 6) is -1.17. The van der Waals surface area contributed by atoms with Gasteiger partial charge in [-0.15, -0.1) is 0 Å². The Morgan fingerprint density at radius 3 is 2.67 bits per heavy atom. The molecule has 6 aromatic rings. The largest absolute Gasteiger partial charge is 0.366 e. The van der Waals surface area contributed by atoms with Crippen molar-refractivity contribution in [2.24, 2.45) is 11.5 Å². The van der Waals surface area contributed by atoms with Crippen LogP contribution in [0.25, 0.3) is 49.5 Å². The molecule has 0 spiro atoms. The van der Waals surface area contributed by atoms with Gasteiger partial charge >= 0.3 is 11.4 Å². The van der Waals surface area contributed by atoms with Gasteiger partial charge in [-0.1, -0.05) is 30.3 Å². The third kappa shape index (κ3) is 4.56. The number of primary amides is 1. The van der Waals surface area contributed by atoms with Gasteiger partial charge in [0.15, 0.2) is 0 Å². The van der Waals surface area contributed by atoms with E-state index in [1.807, 2.05) is 12.1 Å². The SMILES string of the molecule is CC(OS(=O)O)c1ccc2c(c1)[nH]c1c(C(N)=O)ccc(-c3cccc(-n4cnc5ccc(F)cc5c4=O)c3CN)c12. The summed E-state index contributed by atoms with van der Waals surface area (Å²) in [6.45, 7) is 1.70. The van der Waals surface area contributed by atoms with E-state index in [0.29, 0.717) is 44.3 Å². The number of nitrogens with one attached hydrogen (secondary N) is 1. The van der Waals surface area contributed by atoms with Crippen LogP contribution in [-0.4, -0.2) is 29.2 Å². The van der Waals surface area contributed by atoms with Crippen LogP contribution >= 0.6 is 0 Å². The van der Waals surface area contributed by atoms with Crippen molar-refractivity contribution >= 4 is 50.0 Å². The number of hydrogen-bond donors (Lipinski definition) is 4. The fraction of sp³-hybridized carbons (Fsp3) is 0.100. The smallest absolute Gasteiger partial charge is 0.302 e. The number of hydrogen-bond acceptors (Lipinski definition) is 6. The van der Waals surface area contributed by atoms with Crippen molar-refractivity contribution in [3.05, 3.63) is 106 Å². The molecule has 212 valence electrons. The number of fused-ring (bicyclic) bond motifs is 4. The third-order valence-electron chi connectivity index (χ3n) is 7.36. The first-order chi connectivity index (χ1) is 20.2. The van der Waals surface area contributed by atoms with Gasteiger partial charge in [-0.25, -0.2) is 9.37 Å². The summed E-state index contributed by atoms with van der Waals surface area (Å²) in [5, 5.41) is 1.59. The number of rotatable bonds is 7. The highest BCUT2D eigenvalue weighted by Gasteiger charge is 2.21. The summed E-state index contributed by atoms with van der Waals surface area (Å²) in [6, 6.07) is 18.0. The lowest BCUT2D eigenvalue weighted by Gasteiger charge is -2.17. The molecule has 0 bridgehead atoms. The van der Waals surface area contributed by atoms with E-state index in [1.165, 1.54) is 23.0 Å². The number of aromatic nitrogens is 3. The maximum atomic E-state index is 14.0. The van der Waals surface area contributed by atoms with Gasteiger partial charge in [0.05, 0.1) is 33.8 Å². The van der Waals surface area contributed by atoms with Crippen LogP contribution in [0.5, 0.6) is 0 Å². The van der Waals surface area contributed by atoms with E-state index in [2.05, 4.69) is 9.97 Å². The minimum atomic E-state index is -2.45. The maximum Gasteiger partial charge on any atom is 0.302 e. The molecule has 2 atom stereocenters. The van der Waals surface area contributed by atoms with Crippen LogP contribution in [0.3, 0.4) is 0 Å². The minimum Gasteiger partial charge on any atom is -0.366 e. The Hall–Kier alpha value is -4.75. The third-order valence-corrected chi connectivity index (χ3v) is 7.82. The summed E-state index contributed by atoms with van der Waals surface area (Å²) in [6.07, 6.45) is 0.715. The van der Waals surface area contributed by atoms with E-state index >= 15 is 0 Å². The van der Waals surface area contributed by atoms with Crippen LogP contribution in [0.4, 0.5) is 4.39 Å². The van der Waals surface area contributed by atoms with Crippen LogP contribution < -0.4 is 17.0 Å². The van der Waals surface area contributed by atoms with Gasteiger partial charge in [0, 0.05) is 22.8 Å². The number of carbonyl (C=O) groups excluding carboxylic acids is 1. The Morgan fingerprint density at radius 2 is 1.93 bits per heavy atom. The molecular formula is C30H24FN5O5S. The number of carbonyl (C=O) groups is 1. The van der Waals surface area contributed by atoms with Gasteiger partial charge in [-0.3, -0.25) is 22.9 Å². The summed E-state index contributed by atoms with van der Waals surface area (Å²) < 4.78 is 40.7. The molecule has 4 aromatic carbocycles. The number of benzene rings is 4. The molecule has 0 radical (unpaired) electrons. The molecular weight excluding hydrogens is 561 g/mol. The lowest BCUT2D eigenvalue weighted by atomic mass is 9.92. The zero-order valence-corrected chi connectivity index (χ0v) is 22.9. The van der Waals surface area contributed by atoms with Crippen molar-refractivity contribution in [2.75, 3.05) is 0 Å². The normalized spacial score (nSPS) is 13.1. The van der Waals surface area contributed by atoms with Crippen LogP contribution in [-0.2, 0) is 22.1 Å². The first-order valence-electron chi connectivity index (χ1n) is 12.8. The molecule has 10 nitrogen and oxygen atoms in total. The Bertz CT molecular complexity index is 2140. The molecule has 0 aliphatic rings. The van der Waals surface area contributed by atoms with E-state index in [4.69, 9.17) is 20.2 Å². The fourth-order valence-corrected chi connectivity index (χ4v) is 5.78. The van der Waals surface area contributed by atoms with Gasteiger partial charge in [0.1, 0.15) is 12.1 Å². The van der Waals surface area contributed by atoms with Crippen LogP contribution in [0.1, 0.15) is 34.5 Å². The topological polar surface area (TPSA) is 166 Å². The maximum absolute atomic E-state index is 14.0. The van der Waals surface area contributed by atoms with Crippen molar-refractivity contribution in [3.63, 3.8) is 0 Å². The summed E-state index contributed by atoms with van der Waals surface area (Å²) in [5.41, 5.74) is 16.5. The zero-order valence-electron chi connectivity index (χ0n) is 22.1. The van der Waals surface area contributed by atoms with Gasteiger partial charge in [-0.05, 0) is 65.6 Å². The van der Waals surface area contributed by atoms with Crippen molar-refractivity contribution in [1.29, 1.82) is 0 Å². The lowest BCUT2D eigenvalue weighted by Crippen LogP contribution is -2.21. The van der Waals surface area contributed by atoms with E-state index in [9.17, 15) is 18.2 Å². The zero-order chi connectivity index (χ0) is 29.7. The van der Waals surface area contributed by atoms with Crippen LogP contribution in [0, 0.1) is 5.82 Å². The van der Waals surface area contributed by atoms with Crippen molar-refractivity contribution in [3.8, 4) is 16.8 Å². The molecule has 0 saturated heterocycles. The molecule has 42 heavy (non-hydrogen) atoms. The standard InChI is InChI=1S/C30H24FN5O5S/c1-15(41-42(39)40)16-5-7-20-25(11-16)35-28-21(29(33)37)9-8-19(27(20)28)18-3-2-4-26(23(18)13-32)36-14-34-24-10-6-17(31)12-22(24)30(36)38/h2-12,14-15,35H,13,32H2,1H3,(H2,33,37)(H,39,40). The molecule has 0 aliphatic carbocycles. The molecule has 0 saturated carbocycles. The highest BCUT2D eigenvalue weighted by Crippen LogP contribution is 2.39. The molecule has 2 heterocycles. The number of H-pyrrole nitrogens is 1. The second-order valence-corrected chi connectivity index (χ2v) is 10.4. The van der Waals surface area contributed by atoms with Crippen molar-refractivity contribution < 1.29 is 22.1 Å². The number of amides is 1. The second kappa shape index (κ2) is 10.6. The minimum absolute atomic E-state index is 0.0534. The predicted octanol–water partition coefficient (Wildman–Crippen LogP) is 4.60. The summed E-state index contributed by atoms with van der Waals surface area (Å²) in [7, 11) is 0. The highest BCUT2D eigenvalue weighted by molar-refractivity contribution is 7.74. The molecule has 2 unspecified atom stereocenters. The highest BCUT2D eigenvalue weighted by atomic mass is 32.2.